The first-order chi connectivity index (χ1) is 16.5. The summed E-state index contributed by atoms with van der Waals surface area (Å²) in [6.45, 7) is 10.9. The Balaban J connectivity index is 1.41. The van der Waals surface area contributed by atoms with E-state index in [-0.39, 0.29) is 35.1 Å². The van der Waals surface area contributed by atoms with Gasteiger partial charge in [0.1, 0.15) is 11.7 Å². The third kappa shape index (κ3) is 2.99. The molecule has 5 fully saturated rings. The standard InChI is InChI=1S/C29H42O6/c1-16-8-11-28(33-15-16)17(2)29(32)25(35-28)14-23-21-7-6-19-12-20(31)9-10-26(19,4)22(21)13-24(27(23,29)5)34-18(3)30/h12,16-17,21-25,32H,6-11,13-15H2,1-5H3/t16-,17-,21-,22+,23+,24-,25+,26+,27-,28-,29-/m1/s1. The molecule has 35 heavy (non-hydrogen) atoms. The van der Waals surface area contributed by atoms with Crippen molar-refractivity contribution in [1.29, 1.82) is 0 Å². The Labute approximate surface area is 209 Å². The van der Waals surface area contributed by atoms with E-state index in [9.17, 15) is 14.7 Å². The van der Waals surface area contributed by atoms with Gasteiger partial charge >= 0.3 is 5.97 Å². The topological polar surface area (TPSA) is 82.1 Å². The third-order valence-corrected chi connectivity index (χ3v) is 11.9. The van der Waals surface area contributed by atoms with Gasteiger partial charge in [0.25, 0.3) is 0 Å². The summed E-state index contributed by atoms with van der Waals surface area (Å²) in [6, 6.07) is 0. The molecular weight excluding hydrogens is 444 g/mol. The first-order valence-corrected chi connectivity index (χ1v) is 13.9. The minimum absolute atomic E-state index is 0.0484. The smallest absolute Gasteiger partial charge is 0.302 e. The van der Waals surface area contributed by atoms with Gasteiger partial charge in [0, 0.05) is 31.1 Å². The highest BCUT2D eigenvalue weighted by Crippen LogP contribution is 2.72. The summed E-state index contributed by atoms with van der Waals surface area (Å²) >= 11 is 0. The van der Waals surface area contributed by atoms with Crippen molar-refractivity contribution < 1.29 is 28.9 Å². The highest BCUT2D eigenvalue weighted by Gasteiger charge is 2.79. The number of carbonyl (C=O) groups excluding carboxylic acids is 2. The molecule has 0 radical (unpaired) electrons. The molecular formula is C29H42O6. The number of aliphatic hydroxyl groups is 1. The fourth-order valence-corrected chi connectivity index (χ4v) is 9.81. The molecule has 0 aromatic heterocycles. The SMILES string of the molecule is CC(=O)O[C@@H]1C[C@H]2[C@@H](CCC3=CC(=O)CC[C@@]32C)[C@@H]2C[C@@H]3O[C@]4(CC[C@@H](C)CO4)[C@@H](C)[C@]3(O)[C@@]12C. The lowest BCUT2D eigenvalue weighted by Gasteiger charge is -2.61. The van der Waals surface area contributed by atoms with E-state index >= 15 is 0 Å². The minimum atomic E-state index is -1.12. The van der Waals surface area contributed by atoms with Crippen molar-refractivity contribution in [3.8, 4) is 0 Å². The Morgan fingerprint density at radius 2 is 1.89 bits per heavy atom. The van der Waals surface area contributed by atoms with E-state index < -0.39 is 22.9 Å². The average Bonchev–Trinajstić information content (AvgIpc) is 3.16. The molecule has 6 rings (SSSR count). The van der Waals surface area contributed by atoms with Crippen LogP contribution in [0.4, 0.5) is 0 Å². The number of rotatable bonds is 1. The molecule has 2 saturated heterocycles. The molecule has 1 N–H and O–H groups in total. The minimum Gasteiger partial charge on any atom is -0.462 e. The zero-order chi connectivity index (χ0) is 25.0. The van der Waals surface area contributed by atoms with Gasteiger partial charge in [-0.05, 0) is 73.7 Å². The summed E-state index contributed by atoms with van der Waals surface area (Å²) in [5, 5.41) is 12.7. The summed E-state index contributed by atoms with van der Waals surface area (Å²) in [6.07, 6.45) is 7.92. The van der Waals surface area contributed by atoms with Crippen molar-refractivity contribution in [2.75, 3.05) is 6.61 Å². The van der Waals surface area contributed by atoms with E-state index in [0.717, 1.165) is 44.9 Å². The molecule has 6 nitrogen and oxygen atoms in total. The van der Waals surface area contributed by atoms with E-state index in [1.165, 1.54) is 12.5 Å². The summed E-state index contributed by atoms with van der Waals surface area (Å²) in [4.78, 5) is 24.6. The molecule has 0 amide bonds. The van der Waals surface area contributed by atoms with Gasteiger partial charge < -0.3 is 19.3 Å². The lowest BCUT2D eigenvalue weighted by Crippen LogP contribution is -2.65. The van der Waals surface area contributed by atoms with Crippen molar-refractivity contribution in [2.24, 2.45) is 40.4 Å². The summed E-state index contributed by atoms with van der Waals surface area (Å²) in [7, 11) is 0. The van der Waals surface area contributed by atoms with Crippen LogP contribution in [0.3, 0.4) is 0 Å². The van der Waals surface area contributed by atoms with Crippen LogP contribution in [0.25, 0.3) is 0 Å². The second kappa shape index (κ2) is 7.64. The van der Waals surface area contributed by atoms with Crippen LogP contribution in [0.15, 0.2) is 11.6 Å². The molecule has 6 heteroatoms. The van der Waals surface area contributed by atoms with Crippen molar-refractivity contribution >= 4 is 11.8 Å². The summed E-state index contributed by atoms with van der Waals surface area (Å²) in [5.41, 5.74) is -0.497. The van der Waals surface area contributed by atoms with Crippen LogP contribution in [0, 0.1) is 40.4 Å². The fourth-order valence-electron chi connectivity index (χ4n) is 9.81. The van der Waals surface area contributed by atoms with E-state index in [1.54, 1.807) is 0 Å². The predicted octanol–water partition coefficient (Wildman–Crippen LogP) is 4.58. The first kappa shape index (κ1) is 24.1. The second-order valence-electron chi connectivity index (χ2n) is 13.2. The number of fused-ring (bicyclic) bond motifs is 7. The number of hydrogen-bond acceptors (Lipinski definition) is 6. The Kier molecular flexibility index (Phi) is 5.27. The molecule has 11 atom stereocenters. The maximum atomic E-state index is 12.7. The fraction of sp³-hybridized carbons (Fsp3) is 0.862. The molecule has 0 bridgehead atoms. The maximum absolute atomic E-state index is 12.7. The summed E-state index contributed by atoms with van der Waals surface area (Å²) < 4.78 is 19.2. The second-order valence-corrected chi connectivity index (χ2v) is 13.2. The van der Waals surface area contributed by atoms with Gasteiger partial charge in [0.2, 0.25) is 0 Å². The molecule has 194 valence electrons. The van der Waals surface area contributed by atoms with Gasteiger partial charge in [0.15, 0.2) is 11.6 Å². The highest BCUT2D eigenvalue weighted by molar-refractivity contribution is 5.91. The van der Waals surface area contributed by atoms with Crippen LogP contribution in [0.1, 0.15) is 86.0 Å². The van der Waals surface area contributed by atoms with Crippen LogP contribution < -0.4 is 0 Å². The van der Waals surface area contributed by atoms with Gasteiger partial charge in [-0.25, -0.2) is 0 Å². The molecule has 0 aromatic rings. The van der Waals surface area contributed by atoms with Crippen molar-refractivity contribution in [2.45, 2.75) is 110 Å². The number of carbonyl (C=O) groups is 2. The van der Waals surface area contributed by atoms with Crippen LogP contribution >= 0.6 is 0 Å². The van der Waals surface area contributed by atoms with Gasteiger partial charge in [0.05, 0.1) is 12.7 Å². The van der Waals surface area contributed by atoms with E-state index in [2.05, 4.69) is 27.7 Å². The van der Waals surface area contributed by atoms with Gasteiger partial charge in [-0.15, -0.1) is 0 Å². The number of hydrogen-bond donors (Lipinski definition) is 1. The number of ketones is 1. The predicted molar refractivity (Wildman–Crippen MR) is 129 cm³/mol. The Bertz CT molecular complexity index is 964. The van der Waals surface area contributed by atoms with Crippen LogP contribution in [0.5, 0.6) is 0 Å². The van der Waals surface area contributed by atoms with Gasteiger partial charge in [-0.3, -0.25) is 9.59 Å². The van der Waals surface area contributed by atoms with Crippen molar-refractivity contribution in [3.63, 3.8) is 0 Å². The normalized spacial score (nSPS) is 55.0. The molecule has 2 heterocycles. The number of esters is 1. The largest absolute Gasteiger partial charge is 0.462 e. The summed E-state index contributed by atoms with van der Waals surface area (Å²) in [5.74, 6) is 0.416. The lowest BCUT2D eigenvalue weighted by molar-refractivity contribution is -0.277. The first-order valence-electron chi connectivity index (χ1n) is 13.9. The van der Waals surface area contributed by atoms with Gasteiger partial charge in [-0.1, -0.05) is 33.3 Å². The van der Waals surface area contributed by atoms with E-state index in [0.29, 0.717) is 30.8 Å². The number of allylic oxidation sites excluding steroid dienone is 1. The average molecular weight is 487 g/mol. The number of ether oxygens (including phenoxy) is 3. The molecule has 0 unspecified atom stereocenters. The zero-order valence-electron chi connectivity index (χ0n) is 22.0. The highest BCUT2D eigenvalue weighted by atomic mass is 16.7. The molecule has 3 saturated carbocycles. The zero-order valence-corrected chi connectivity index (χ0v) is 22.0. The molecule has 4 aliphatic carbocycles. The van der Waals surface area contributed by atoms with Crippen molar-refractivity contribution in [3.05, 3.63) is 11.6 Å². The lowest BCUT2D eigenvalue weighted by atomic mass is 9.45. The Morgan fingerprint density at radius 3 is 2.57 bits per heavy atom. The molecule has 2 aliphatic heterocycles. The quantitative estimate of drug-likeness (QED) is 0.547. The van der Waals surface area contributed by atoms with Gasteiger partial charge in [-0.2, -0.15) is 0 Å². The Morgan fingerprint density at radius 1 is 1.11 bits per heavy atom. The van der Waals surface area contributed by atoms with E-state index in [4.69, 9.17) is 14.2 Å². The molecule has 0 aromatic carbocycles. The third-order valence-electron chi connectivity index (χ3n) is 11.9. The Hall–Kier alpha value is -1.24. The molecule has 6 aliphatic rings. The van der Waals surface area contributed by atoms with E-state index in [1.807, 2.05) is 6.08 Å². The van der Waals surface area contributed by atoms with Crippen LogP contribution in [-0.4, -0.2) is 47.1 Å². The molecule has 1 spiro atoms. The monoisotopic (exact) mass is 486 g/mol. The van der Waals surface area contributed by atoms with Crippen molar-refractivity contribution in [1.82, 2.24) is 0 Å². The van der Waals surface area contributed by atoms with Crippen LogP contribution in [0.2, 0.25) is 0 Å². The van der Waals surface area contributed by atoms with Crippen LogP contribution in [-0.2, 0) is 23.8 Å². The maximum Gasteiger partial charge on any atom is 0.302 e.